The van der Waals surface area contributed by atoms with Crippen molar-refractivity contribution in [1.29, 1.82) is 0 Å². The summed E-state index contributed by atoms with van der Waals surface area (Å²) in [6.45, 7) is 4.16. The summed E-state index contributed by atoms with van der Waals surface area (Å²) in [5.74, 6) is -0.473. The molecule has 0 fully saturated rings. The Morgan fingerprint density at radius 2 is 1.66 bits per heavy atom. The van der Waals surface area contributed by atoms with Gasteiger partial charge in [0.15, 0.2) is 6.61 Å². The Morgan fingerprint density at radius 3 is 2.37 bits per heavy atom. The average Bonchev–Trinajstić information content (AvgIpc) is 2.87. The predicted molar refractivity (Wildman–Crippen MR) is 135 cm³/mol. The van der Waals surface area contributed by atoms with Crippen LogP contribution in [0.2, 0.25) is 0 Å². The average molecular weight is 477 g/mol. The van der Waals surface area contributed by atoms with Gasteiger partial charge in [0.1, 0.15) is 17.6 Å². The van der Waals surface area contributed by atoms with Crippen LogP contribution in [0.4, 0.5) is 4.39 Å². The maximum atomic E-state index is 14.6. The van der Waals surface area contributed by atoms with Crippen LogP contribution in [0.15, 0.2) is 78.9 Å². The number of para-hydroxylation sites is 1. The Kier molecular flexibility index (Phi) is 9.84. The van der Waals surface area contributed by atoms with Crippen molar-refractivity contribution in [1.82, 2.24) is 10.2 Å². The highest BCUT2D eigenvalue weighted by atomic mass is 19.1. The topological polar surface area (TPSA) is 58.6 Å². The fourth-order valence-electron chi connectivity index (χ4n) is 3.81. The summed E-state index contributed by atoms with van der Waals surface area (Å²) in [5.41, 5.74) is 2.16. The van der Waals surface area contributed by atoms with Crippen LogP contribution >= 0.6 is 0 Å². The first kappa shape index (κ1) is 25.9. The van der Waals surface area contributed by atoms with Gasteiger partial charge in [-0.3, -0.25) is 9.59 Å². The Balaban J connectivity index is 1.90. The molecule has 184 valence electrons. The number of aryl methyl sites for hydroxylation is 1. The van der Waals surface area contributed by atoms with Crippen molar-refractivity contribution >= 4 is 11.8 Å². The zero-order valence-corrected chi connectivity index (χ0v) is 20.4. The Hall–Kier alpha value is -3.67. The molecular formula is C29H33FN2O3. The van der Waals surface area contributed by atoms with Gasteiger partial charge in [0.2, 0.25) is 5.91 Å². The van der Waals surface area contributed by atoms with Gasteiger partial charge < -0.3 is 15.0 Å². The van der Waals surface area contributed by atoms with Gasteiger partial charge >= 0.3 is 0 Å². The number of carbonyl (C=O) groups is 2. The van der Waals surface area contributed by atoms with Crippen LogP contribution in [-0.2, 0) is 22.6 Å². The molecule has 5 nitrogen and oxygen atoms in total. The number of nitrogens with zero attached hydrogens (tertiary/aromatic N) is 1. The van der Waals surface area contributed by atoms with Crippen LogP contribution < -0.4 is 10.1 Å². The maximum absolute atomic E-state index is 14.6. The molecule has 0 aliphatic rings. The summed E-state index contributed by atoms with van der Waals surface area (Å²) in [7, 11) is 0. The largest absolute Gasteiger partial charge is 0.484 e. The van der Waals surface area contributed by atoms with E-state index in [1.807, 2.05) is 62.4 Å². The molecule has 0 aliphatic carbocycles. The highest BCUT2D eigenvalue weighted by Gasteiger charge is 2.31. The van der Waals surface area contributed by atoms with E-state index in [9.17, 15) is 14.0 Å². The minimum absolute atomic E-state index is 0.0403. The van der Waals surface area contributed by atoms with Gasteiger partial charge in [0, 0.05) is 25.1 Å². The van der Waals surface area contributed by atoms with Crippen LogP contribution in [0.3, 0.4) is 0 Å². The molecule has 0 bridgehead atoms. The third-order valence-corrected chi connectivity index (χ3v) is 5.84. The second-order valence-electron chi connectivity index (χ2n) is 8.52. The van der Waals surface area contributed by atoms with E-state index in [0.29, 0.717) is 24.3 Å². The van der Waals surface area contributed by atoms with Crippen LogP contribution in [0.1, 0.15) is 36.5 Å². The third-order valence-electron chi connectivity index (χ3n) is 5.84. The first-order valence-corrected chi connectivity index (χ1v) is 12.0. The van der Waals surface area contributed by atoms with Gasteiger partial charge in [-0.2, -0.15) is 0 Å². The summed E-state index contributed by atoms with van der Waals surface area (Å²) in [4.78, 5) is 28.3. The van der Waals surface area contributed by atoms with Gasteiger partial charge in [0.25, 0.3) is 5.91 Å². The summed E-state index contributed by atoms with van der Waals surface area (Å²) in [6, 6.07) is 22.4. The summed E-state index contributed by atoms with van der Waals surface area (Å²) < 4.78 is 20.4. The second-order valence-corrected chi connectivity index (χ2v) is 8.52. The van der Waals surface area contributed by atoms with E-state index in [-0.39, 0.29) is 25.0 Å². The molecule has 3 aromatic rings. The number of rotatable bonds is 12. The van der Waals surface area contributed by atoms with Crippen molar-refractivity contribution in [3.8, 4) is 5.75 Å². The minimum atomic E-state index is -0.818. The van der Waals surface area contributed by atoms with Gasteiger partial charge in [-0.15, -0.1) is 0 Å². The first-order chi connectivity index (χ1) is 17.0. The highest BCUT2D eigenvalue weighted by molar-refractivity contribution is 5.88. The Morgan fingerprint density at radius 1 is 0.971 bits per heavy atom. The molecule has 2 amide bonds. The zero-order valence-electron chi connectivity index (χ0n) is 20.4. The van der Waals surface area contributed by atoms with Crippen molar-refractivity contribution in [3.63, 3.8) is 0 Å². The Labute approximate surface area is 206 Å². The van der Waals surface area contributed by atoms with E-state index >= 15 is 0 Å². The Bertz CT molecular complexity index is 1100. The van der Waals surface area contributed by atoms with E-state index in [1.165, 1.54) is 11.0 Å². The number of carbonyl (C=O) groups excluding carboxylic acids is 2. The molecule has 0 unspecified atom stereocenters. The molecule has 0 saturated carbocycles. The summed E-state index contributed by atoms with van der Waals surface area (Å²) >= 11 is 0. The lowest BCUT2D eigenvalue weighted by atomic mass is 10.0. The van der Waals surface area contributed by atoms with Crippen molar-refractivity contribution in [2.24, 2.45) is 0 Å². The smallest absolute Gasteiger partial charge is 0.261 e. The number of amides is 2. The van der Waals surface area contributed by atoms with Crippen LogP contribution in [0.5, 0.6) is 5.75 Å². The van der Waals surface area contributed by atoms with E-state index in [0.717, 1.165) is 24.0 Å². The van der Waals surface area contributed by atoms with E-state index in [2.05, 4.69) is 5.32 Å². The molecule has 3 aromatic carbocycles. The number of hydrogen-bond donors (Lipinski definition) is 1. The summed E-state index contributed by atoms with van der Waals surface area (Å²) in [6.07, 6.45) is 2.08. The lowest BCUT2D eigenvalue weighted by molar-refractivity contribution is -0.142. The number of halogens is 1. The monoisotopic (exact) mass is 476 g/mol. The number of benzene rings is 3. The van der Waals surface area contributed by atoms with Gasteiger partial charge in [-0.05, 0) is 36.6 Å². The van der Waals surface area contributed by atoms with Crippen LogP contribution in [0.25, 0.3) is 0 Å². The van der Waals surface area contributed by atoms with Crippen molar-refractivity contribution in [3.05, 3.63) is 101 Å². The third kappa shape index (κ3) is 7.67. The zero-order chi connectivity index (χ0) is 25.0. The normalized spacial score (nSPS) is 11.5. The molecule has 0 aliphatic heterocycles. The predicted octanol–water partition coefficient (Wildman–Crippen LogP) is 5.07. The molecule has 0 radical (unpaired) electrons. The lowest BCUT2D eigenvalue weighted by Crippen LogP contribution is -2.52. The fraction of sp³-hybridized carbons (Fsp3) is 0.310. The van der Waals surface area contributed by atoms with Crippen molar-refractivity contribution < 1.29 is 18.7 Å². The highest BCUT2D eigenvalue weighted by Crippen LogP contribution is 2.19. The molecule has 6 heteroatoms. The first-order valence-electron chi connectivity index (χ1n) is 12.0. The SMILES string of the molecule is CCCCNC(=O)[C@@H](Cc1ccccc1)N(Cc1ccccc1F)C(=O)COc1ccccc1C. The number of hydrogen-bond acceptors (Lipinski definition) is 3. The van der Waals surface area contributed by atoms with E-state index in [1.54, 1.807) is 24.3 Å². The molecule has 35 heavy (non-hydrogen) atoms. The number of ether oxygens (including phenoxy) is 1. The minimum Gasteiger partial charge on any atom is -0.484 e. The van der Waals surface area contributed by atoms with Gasteiger partial charge in [-0.1, -0.05) is 80.1 Å². The van der Waals surface area contributed by atoms with Gasteiger partial charge in [-0.25, -0.2) is 4.39 Å². The van der Waals surface area contributed by atoms with E-state index < -0.39 is 11.9 Å². The summed E-state index contributed by atoms with van der Waals surface area (Å²) in [5, 5.41) is 2.96. The fourth-order valence-corrected chi connectivity index (χ4v) is 3.81. The second kappa shape index (κ2) is 13.3. The molecule has 0 heterocycles. The van der Waals surface area contributed by atoms with Crippen molar-refractivity contribution in [2.45, 2.75) is 45.7 Å². The van der Waals surface area contributed by atoms with Crippen molar-refractivity contribution in [2.75, 3.05) is 13.2 Å². The lowest BCUT2D eigenvalue weighted by Gasteiger charge is -2.31. The molecule has 3 rings (SSSR count). The van der Waals surface area contributed by atoms with Crippen LogP contribution in [-0.4, -0.2) is 35.9 Å². The maximum Gasteiger partial charge on any atom is 0.261 e. The van der Waals surface area contributed by atoms with E-state index in [4.69, 9.17) is 4.74 Å². The quantitative estimate of drug-likeness (QED) is 0.372. The molecule has 0 spiro atoms. The van der Waals surface area contributed by atoms with Gasteiger partial charge in [0.05, 0.1) is 0 Å². The number of nitrogens with one attached hydrogen (secondary N) is 1. The number of unbranched alkanes of at least 4 members (excludes halogenated alkanes) is 1. The molecular weight excluding hydrogens is 443 g/mol. The molecule has 1 N–H and O–H groups in total. The molecule has 0 aromatic heterocycles. The molecule has 1 atom stereocenters. The standard InChI is InChI=1S/C29H33FN2O3/c1-3-4-18-31-29(34)26(19-23-13-6-5-7-14-23)32(20-24-15-9-10-16-25(24)30)28(33)21-35-27-17-11-8-12-22(27)2/h5-17,26H,3-4,18-21H2,1-2H3,(H,31,34)/t26-/m1/s1. The van der Waals surface area contributed by atoms with Crippen LogP contribution in [0, 0.1) is 12.7 Å². The molecule has 0 saturated heterocycles.